The minimum atomic E-state index is -1.17. The molecule has 0 saturated heterocycles. The van der Waals surface area contributed by atoms with E-state index in [4.69, 9.17) is 18.8 Å². The summed E-state index contributed by atoms with van der Waals surface area (Å²) in [5, 5.41) is 16.8. The van der Waals surface area contributed by atoms with Crippen molar-refractivity contribution in [2.75, 3.05) is 13.7 Å². The van der Waals surface area contributed by atoms with Gasteiger partial charge >= 0.3 is 5.97 Å². The molecule has 36 heavy (non-hydrogen) atoms. The number of rotatable bonds is 10. The summed E-state index contributed by atoms with van der Waals surface area (Å²) in [6, 6.07) is 20.8. The van der Waals surface area contributed by atoms with E-state index in [0.29, 0.717) is 33.9 Å². The topological polar surface area (TPSA) is 103 Å². The lowest BCUT2D eigenvalue weighted by Gasteiger charge is -2.11. The second-order valence-electron chi connectivity index (χ2n) is 7.72. The van der Waals surface area contributed by atoms with Crippen LogP contribution in [0.15, 0.2) is 82.5 Å². The van der Waals surface area contributed by atoms with Gasteiger partial charge in [-0.25, -0.2) is 9.18 Å². The first kappa shape index (κ1) is 24.5. The normalized spacial score (nSPS) is 11.2. The zero-order chi connectivity index (χ0) is 25.5. The molecular formula is C27H23FN2O6. The molecule has 4 rings (SSSR count). The Morgan fingerprint density at radius 1 is 1.06 bits per heavy atom. The molecule has 1 heterocycles. The number of hydrogen-bond donors (Lipinski definition) is 1. The molecule has 3 aromatic carbocycles. The number of benzene rings is 3. The lowest BCUT2D eigenvalue weighted by Crippen LogP contribution is -2.14. The van der Waals surface area contributed by atoms with E-state index in [1.54, 1.807) is 37.3 Å². The van der Waals surface area contributed by atoms with Gasteiger partial charge < -0.3 is 23.9 Å². The molecule has 1 aromatic heterocycles. The number of halogens is 1. The fourth-order valence-electron chi connectivity index (χ4n) is 3.54. The van der Waals surface area contributed by atoms with Crippen LogP contribution in [0.5, 0.6) is 11.5 Å². The molecule has 9 heteroatoms. The minimum Gasteiger partial charge on any atom is -0.489 e. The van der Waals surface area contributed by atoms with E-state index in [-0.39, 0.29) is 24.7 Å². The molecule has 8 nitrogen and oxygen atoms in total. The van der Waals surface area contributed by atoms with Gasteiger partial charge in [0.1, 0.15) is 37.5 Å². The Labute approximate surface area is 206 Å². The van der Waals surface area contributed by atoms with Crippen LogP contribution in [0.2, 0.25) is 0 Å². The Hall–Kier alpha value is -4.66. The van der Waals surface area contributed by atoms with E-state index < -0.39 is 11.8 Å². The second-order valence-corrected chi connectivity index (χ2v) is 7.72. The summed E-state index contributed by atoms with van der Waals surface area (Å²) in [4.78, 5) is 16.2. The Morgan fingerprint density at radius 2 is 1.81 bits per heavy atom. The van der Waals surface area contributed by atoms with Crippen LogP contribution < -0.4 is 9.47 Å². The summed E-state index contributed by atoms with van der Waals surface area (Å²) in [6.45, 7) is 1.81. The predicted molar refractivity (Wildman–Crippen MR) is 130 cm³/mol. The van der Waals surface area contributed by atoms with Crippen molar-refractivity contribution in [1.29, 1.82) is 0 Å². The number of aromatic nitrogens is 1. The molecule has 0 amide bonds. The molecule has 0 aliphatic heterocycles. The van der Waals surface area contributed by atoms with Gasteiger partial charge in [0.2, 0.25) is 0 Å². The number of hydrogen-bond acceptors (Lipinski definition) is 7. The van der Waals surface area contributed by atoms with E-state index in [1.165, 1.54) is 19.2 Å². The Morgan fingerprint density at radius 3 is 2.47 bits per heavy atom. The Kier molecular flexibility index (Phi) is 7.60. The summed E-state index contributed by atoms with van der Waals surface area (Å²) in [5.74, 6) is -0.669. The highest BCUT2D eigenvalue weighted by Gasteiger charge is 2.20. The number of aryl methyl sites for hydroxylation is 1. The maximum atomic E-state index is 14.7. The van der Waals surface area contributed by atoms with Crippen LogP contribution in [0.25, 0.3) is 11.1 Å². The van der Waals surface area contributed by atoms with Gasteiger partial charge in [0.05, 0.1) is 5.56 Å². The van der Waals surface area contributed by atoms with E-state index in [2.05, 4.69) is 10.3 Å². The molecule has 0 unspecified atom stereocenters. The summed E-state index contributed by atoms with van der Waals surface area (Å²) in [6.07, 6.45) is 0. The van der Waals surface area contributed by atoms with Crippen molar-refractivity contribution in [3.8, 4) is 22.6 Å². The summed E-state index contributed by atoms with van der Waals surface area (Å²) in [5.41, 5.74) is 2.86. The van der Waals surface area contributed by atoms with Gasteiger partial charge in [-0.1, -0.05) is 58.8 Å². The van der Waals surface area contributed by atoms with E-state index in [0.717, 1.165) is 5.56 Å². The number of nitrogens with zero attached hydrogens (tertiary/aromatic N) is 2. The molecule has 0 aliphatic carbocycles. The fraction of sp³-hybridized carbons (Fsp3) is 0.148. The van der Waals surface area contributed by atoms with Crippen LogP contribution in [0, 0.1) is 12.7 Å². The monoisotopic (exact) mass is 490 g/mol. The third-order valence-electron chi connectivity index (χ3n) is 5.28. The fourth-order valence-corrected chi connectivity index (χ4v) is 3.54. The van der Waals surface area contributed by atoms with Crippen LogP contribution in [0.1, 0.15) is 27.4 Å². The molecule has 184 valence electrons. The van der Waals surface area contributed by atoms with Crippen molar-refractivity contribution in [3.63, 3.8) is 0 Å². The lowest BCUT2D eigenvalue weighted by atomic mass is 10.0. The van der Waals surface area contributed by atoms with Gasteiger partial charge in [0, 0.05) is 5.56 Å². The van der Waals surface area contributed by atoms with Gasteiger partial charge in [-0.05, 0) is 42.3 Å². The number of carbonyl (C=O) groups is 1. The maximum Gasteiger partial charge on any atom is 0.358 e. The van der Waals surface area contributed by atoms with Gasteiger partial charge in [0.15, 0.2) is 17.3 Å². The second kappa shape index (κ2) is 11.2. The van der Waals surface area contributed by atoms with Crippen molar-refractivity contribution in [3.05, 3.63) is 101 Å². The smallest absolute Gasteiger partial charge is 0.358 e. The molecule has 0 radical (unpaired) electrons. The van der Waals surface area contributed by atoms with Gasteiger partial charge in [0.25, 0.3) is 0 Å². The SMILES string of the molecule is CON=C(COc1ccc(COc2ccc(-c3c(C(=O)O)noc3C)cc2)cc1F)c1ccccc1. The highest BCUT2D eigenvalue weighted by atomic mass is 19.1. The van der Waals surface area contributed by atoms with E-state index in [1.807, 2.05) is 30.3 Å². The minimum absolute atomic E-state index is 0.0339. The molecule has 0 bridgehead atoms. The zero-order valence-electron chi connectivity index (χ0n) is 19.6. The molecule has 0 saturated carbocycles. The molecule has 0 atom stereocenters. The van der Waals surface area contributed by atoms with Crippen LogP contribution >= 0.6 is 0 Å². The molecule has 0 aliphatic rings. The third-order valence-corrected chi connectivity index (χ3v) is 5.28. The average Bonchev–Trinajstić information content (AvgIpc) is 3.28. The number of aromatic carboxylic acids is 1. The molecule has 0 spiro atoms. The first-order chi connectivity index (χ1) is 17.5. The predicted octanol–water partition coefficient (Wildman–Crippen LogP) is 5.50. The van der Waals surface area contributed by atoms with Crippen molar-refractivity contribution < 1.29 is 33.1 Å². The highest BCUT2D eigenvalue weighted by Crippen LogP contribution is 2.29. The quantitative estimate of drug-likeness (QED) is 0.231. The van der Waals surface area contributed by atoms with Crippen molar-refractivity contribution in [2.24, 2.45) is 5.16 Å². The van der Waals surface area contributed by atoms with E-state index >= 15 is 0 Å². The van der Waals surface area contributed by atoms with Crippen LogP contribution in [0.4, 0.5) is 4.39 Å². The molecular weight excluding hydrogens is 467 g/mol. The van der Waals surface area contributed by atoms with E-state index in [9.17, 15) is 14.3 Å². The summed E-state index contributed by atoms with van der Waals surface area (Å²) >= 11 is 0. The largest absolute Gasteiger partial charge is 0.489 e. The summed E-state index contributed by atoms with van der Waals surface area (Å²) in [7, 11) is 1.44. The standard InChI is InChI=1S/C27H23FN2O6/c1-17-25(26(27(31)32)30-36-17)20-9-11-21(12-10-20)34-15-18-8-13-24(22(28)14-18)35-16-23(29-33-2)19-6-4-3-5-7-19/h3-14H,15-16H2,1-2H3,(H,31,32). The average molecular weight is 490 g/mol. The van der Waals surface area contributed by atoms with Crippen molar-refractivity contribution in [1.82, 2.24) is 5.16 Å². The number of carboxylic acid groups (broad SMARTS) is 1. The van der Waals surface area contributed by atoms with Gasteiger partial charge in [-0.2, -0.15) is 0 Å². The zero-order valence-corrected chi connectivity index (χ0v) is 19.6. The number of carboxylic acids is 1. The Balaban J connectivity index is 1.38. The first-order valence-electron chi connectivity index (χ1n) is 11.0. The number of ether oxygens (including phenoxy) is 2. The molecule has 4 aromatic rings. The van der Waals surface area contributed by atoms with Crippen molar-refractivity contribution >= 4 is 11.7 Å². The number of oxime groups is 1. The van der Waals surface area contributed by atoms with Gasteiger partial charge in [-0.3, -0.25) is 0 Å². The highest BCUT2D eigenvalue weighted by molar-refractivity contribution is 6.01. The van der Waals surface area contributed by atoms with Crippen molar-refractivity contribution in [2.45, 2.75) is 13.5 Å². The molecule has 1 N–H and O–H groups in total. The van der Waals surface area contributed by atoms with Crippen LogP contribution in [0.3, 0.4) is 0 Å². The van der Waals surface area contributed by atoms with Gasteiger partial charge in [-0.15, -0.1) is 0 Å². The first-order valence-corrected chi connectivity index (χ1v) is 11.0. The molecule has 0 fully saturated rings. The lowest BCUT2D eigenvalue weighted by molar-refractivity contribution is 0.0686. The van der Waals surface area contributed by atoms with Crippen LogP contribution in [-0.4, -0.2) is 35.7 Å². The van der Waals surface area contributed by atoms with Crippen LogP contribution in [-0.2, 0) is 11.4 Å². The Bertz CT molecular complexity index is 1370. The maximum absolute atomic E-state index is 14.7. The summed E-state index contributed by atoms with van der Waals surface area (Å²) < 4.78 is 31.0. The third kappa shape index (κ3) is 5.69.